The van der Waals surface area contributed by atoms with Crippen LogP contribution in [0.2, 0.25) is 0 Å². The van der Waals surface area contributed by atoms with Gasteiger partial charge in [-0.3, -0.25) is 33.6 Å². The SMILES string of the molecule is C=CCCCCC[C@H](CC(=O)OC(C)(C)C)C(=O)N1C[C@@]2(CCc3c(c(CC)nc4ccccc34)O2)C[C@H]1C(=O)OC.C=CCCCCC[C@H](CC(=O)OC(C)(C)C)C(=O)N1C[C@]2(CCc3c(c(CC)nc4ccccc34)O2)C[C@H]1C(=O)OC.C=CCCCCC[C@H](CC(=O)OC(C)(C)C)C(=O)O.CCc1nc2ccccc2c2c1OC1(CC2)CN[C@H](C(=O)OC)C1. The molecule has 0 saturated carbocycles. The van der Waals surface area contributed by atoms with E-state index in [0.717, 1.165) is 182 Å². The molecule has 6 aromatic rings. The Kier molecular flexibility index (Phi) is 36.1. The van der Waals surface area contributed by atoms with Crippen molar-refractivity contribution in [2.45, 2.75) is 327 Å². The molecule has 2 amide bonds. The minimum Gasteiger partial charge on any atom is -0.484 e. The number of unbranched alkanes of at least 4 members (excludes halogenated alkanes) is 9. The average molecular weight is 1750 g/mol. The van der Waals surface area contributed by atoms with E-state index in [4.69, 9.17) is 62.7 Å². The minimum atomic E-state index is -0.922. The number of carbonyl (C=O) groups is 9. The highest BCUT2D eigenvalue weighted by Gasteiger charge is 2.56. The van der Waals surface area contributed by atoms with E-state index in [1.165, 1.54) is 32.3 Å². The highest BCUT2D eigenvalue weighted by atomic mass is 16.6. The number of carboxylic acid groups (broad SMARTS) is 1. The number of amides is 2. The number of methoxy groups -OCH3 is 3. The molecular weight excluding hydrogens is 1610 g/mol. The van der Waals surface area contributed by atoms with Gasteiger partial charge in [-0.25, -0.2) is 24.5 Å². The first-order valence-electron chi connectivity index (χ1n) is 46.0. The Hall–Kier alpha value is -10.3. The first-order chi connectivity index (χ1) is 60.4. The number of aliphatic carboxylic acids is 1. The number of esters is 6. The molecule has 3 spiro atoms. The second-order valence-electron chi connectivity index (χ2n) is 37.7. The number of allylic oxidation sites excluding steroid dienone is 3. The van der Waals surface area contributed by atoms with Crippen LogP contribution in [0, 0.1) is 17.8 Å². The van der Waals surface area contributed by atoms with Gasteiger partial charge in [0.1, 0.15) is 69.0 Å². The fourth-order valence-corrected chi connectivity index (χ4v) is 18.3. The summed E-state index contributed by atoms with van der Waals surface area (Å²) in [6.45, 7) is 34.8. The van der Waals surface area contributed by atoms with Crippen LogP contribution in [0.1, 0.15) is 271 Å². The minimum absolute atomic E-state index is 0.0332. The van der Waals surface area contributed by atoms with E-state index < -0.39 is 93.7 Å². The van der Waals surface area contributed by atoms with Gasteiger partial charge in [0, 0.05) is 70.5 Å². The molecule has 1 unspecified atom stereocenters. The lowest BCUT2D eigenvalue weighted by Gasteiger charge is -2.37. The monoisotopic (exact) mass is 1750 g/mol. The zero-order valence-corrected chi connectivity index (χ0v) is 78.1. The van der Waals surface area contributed by atoms with Crippen molar-refractivity contribution >= 4 is 86.3 Å². The van der Waals surface area contributed by atoms with Crippen LogP contribution in [-0.4, -0.2) is 176 Å². The summed E-state index contributed by atoms with van der Waals surface area (Å²) in [5.74, 6) is -3.15. The summed E-state index contributed by atoms with van der Waals surface area (Å²) >= 11 is 0. The molecule has 3 aromatic heterocycles. The number of benzene rings is 3. The van der Waals surface area contributed by atoms with Crippen molar-refractivity contribution in [2.75, 3.05) is 41.0 Å². The molecule has 6 aliphatic rings. The van der Waals surface area contributed by atoms with Gasteiger partial charge in [0.15, 0.2) is 0 Å². The summed E-state index contributed by atoms with van der Waals surface area (Å²) in [6, 6.07) is 22.5. The molecular formula is C102H140N6O19. The zero-order chi connectivity index (χ0) is 92.6. The Balaban J connectivity index is 0.000000201. The smallest absolute Gasteiger partial charge is 0.328 e. The standard InChI is InChI=1S/2C34H46N2O6.C19H22N2O3.C15H26O4/c2*1-7-9-10-11-12-15-23(20-29(37)41-33(3,4)5)31(38)36-22-34(21-28(36)32(39)40-6)19-18-25-24-16-13-14-17-27(24)35-26(8-2)30(25)42-34;1-3-14-17-13(12-6-4-5-7-15(12)21-14)8-9-19(24-17)10-16(20-11-19)18(22)23-2;1-5-6-7-8-9-10-12(14(17)18)11-13(16)19-15(2,3)4/h2*7,13-14,16-17,23,28H,1,8-12,15,18-22H2,2-6H3;4-7,16,20H,3,8-11H2,1-2H3;5,12H,1,6-11H2,2-4H3,(H,17,18)/t23-,28+,34+;23-,28+,34-;16-,19?;12-/m1101/s1. The molecule has 9 heterocycles. The van der Waals surface area contributed by atoms with Gasteiger partial charge in [-0.15, -0.1) is 19.7 Å². The van der Waals surface area contributed by atoms with E-state index in [2.05, 4.69) is 70.1 Å². The summed E-state index contributed by atoms with van der Waals surface area (Å²) in [4.78, 5) is 133. The van der Waals surface area contributed by atoms with Crippen molar-refractivity contribution in [2.24, 2.45) is 17.8 Å². The van der Waals surface area contributed by atoms with Crippen molar-refractivity contribution in [3.63, 3.8) is 0 Å². The second kappa shape index (κ2) is 45.6. The lowest BCUT2D eigenvalue weighted by Crippen LogP contribution is -2.47. The van der Waals surface area contributed by atoms with Crippen LogP contribution in [0.15, 0.2) is 111 Å². The van der Waals surface area contributed by atoms with E-state index in [1.807, 2.05) is 108 Å². The molecule has 3 saturated heterocycles. The van der Waals surface area contributed by atoms with E-state index >= 15 is 0 Å². The summed E-state index contributed by atoms with van der Waals surface area (Å²) in [6.07, 6.45) is 26.3. The van der Waals surface area contributed by atoms with Gasteiger partial charge in [0.2, 0.25) is 11.8 Å². The molecule has 25 heteroatoms. The highest BCUT2D eigenvalue weighted by molar-refractivity contribution is 5.92. The molecule has 3 aromatic carbocycles. The summed E-state index contributed by atoms with van der Waals surface area (Å²) in [7, 11) is 4.11. The van der Waals surface area contributed by atoms with Gasteiger partial charge in [0.05, 0.1) is 93.2 Å². The maximum atomic E-state index is 14.2. The number of para-hydroxylation sites is 3. The van der Waals surface area contributed by atoms with Gasteiger partial charge in [-0.1, -0.05) is 132 Å². The lowest BCUT2D eigenvalue weighted by molar-refractivity contribution is -0.160. The molecule has 0 aliphatic carbocycles. The summed E-state index contributed by atoms with van der Waals surface area (Å²) in [5, 5.41) is 15.7. The molecule has 692 valence electrons. The third kappa shape index (κ3) is 27.2. The third-order valence-corrected chi connectivity index (χ3v) is 24.5. The average Bonchev–Trinajstić information content (AvgIpc) is 1.63. The van der Waals surface area contributed by atoms with Gasteiger partial charge in [-0.05, 0) is 196 Å². The number of pyridine rings is 3. The van der Waals surface area contributed by atoms with E-state index in [1.54, 1.807) is 30.6 Å². The van der Waals surface area contributed by atoms with Gasteiger partial charge in [0.25, 0.3) is 0 Å². The molecule has 9 atom stereocenters. The number of ether oxygens (including phenoxy) is 9. The first-order valence-corrected chi connectivity index (χ1v) is 46.0. The van der Waals surface area contributed by atoms with E-state index in [9.17, 15) is 43.2 Å². The molecule has 6 aliphatic heterocycles. The highest BCUT2D eigenvalue weighted by Crippen LogP contribution is 2.49. The zero-order valence-electron chi connectivity index (χ0n) is 78.1. The van der Waals surface area contributed by atoms with Gasteiger partial charge in [-0.2, -0.15) is 0 Å². The number of carbonyl (C=O) groups excluding carboxylic acids is 8. The third-order valence-electron chi connectivity index (χ3n) is 24.5. The number of aryl methyl sites for hydroxylation is 6. The maximum absolute atomic E-state index is 14.2. The van der Waals surface area contributed by atoms with Crippen molar-refractivity contribution in [1.29, 1.82) is 0 Å². The molecule has 0 bridgehead atoms. The van der Waals surface area contributed by atoms with Crippen LogP contribution < -0.4 is 19.5 Å². The fraction of sp³-hybridized carbons (Fsp3) is 0.588. The van der Waals surface area contributed by atoms with Crippen molar-refractivity contribution in [1.82, 2.24) is 30.1 Å². The quantitative estimate of drug-likeness (QED) is 0.0167. The number of nitrogens with zero attached hydrogens (tertiary/aromatic N) is 5. The Morgan fingerprint density at radius 3 is 1.09 bits per heavy atom. The van der Waals surface area contributed by atoms with Crippen molar-refractivity contribution in [3.8, 4) is 17.2 Å². The number of fused-ring (bicyclic) bond motifs is 9. The predicted octanol–water partition coefficient (Wildman–Crippen LogP) is 18.2. The van der Waals surface area contributed by atoms with Crippen LogP contribution in [0.25, 0.3) is 32.7 Å². The fourth-order valence-electron chi connectivity index (χ4n) is 18.3. The number of hydrogen-bond acceptors (Lipinski definition) is 22. The molecule has 127 heavy (non-hydrogen) atoms. The van der Waals surface area contributed by atoms with Gasteiger partial charge < -0.3 is 62.9 Å². The van der Waals surface area contributed by atoms with Crippen LogP contribution >= 0.6 is 0 Å². The largest absolute Gasteiger partial charge is 0.484 e. The van der Waals surface area contributed by atoms with Crippen molar-refractivity contribution in [3.05, 3.63) is 145 Å². The lowest BCUT2D eigenvalue weighted by atomic mass is 9.87. The Bertz CT molecular complexity index is 4670. The number of carboxylic acids is 1. The van der Waals surface area contributed by atoms with E-state index in [0.29, 0.717) is 70.8 Å². The number of hydrogen-bond donors (Lipinski definition) is 2. The normalized spacial score (nSPS) is 20.4. The number of aromatic nitrogens is 3. The predicted molar refractivity (Wildman–Crippen MR) is 490 cm³/mol. The van der Waals surface area contributed by atoms with Crippen LogP contribution in [-0.2, 0) is 110 Å². The Morgan fingerprint density at radius 1 is 0.457 bits per heavy atom. The summed E-state index contributed by atoms with van der Waals surface area (Å²) < 4.78 is 51.6. The van der Waals surface area contributed by atoms with Crippen LogP contribution in [0.4, 0.5) is 0 Å². The molecule has 2 N–H and O–H groups in total. The number of likely N-dealkylation sites (tertiary alicyclic amines) is 2. The topological polar surface area (TPSA) is 314 Å². The number of rotatable bonds is 33. The molecule has 0 radical (unpaired) electrons. The Morgan fingerprint density at radius 2 is 0.772 bits per heavy atom. The van der Waals surface area contributed by atoms with Crippen LogP contribution in [0.3, 0.4) is 0 Å². The molecule has 3 fully saturated rings. The Labute approximate surface area is 751 Å². The number of nitrogens with one attached hydrogen (secondary N) is 1. The second-order valence-corrected chi connectivity index (χ2v) is 37.7. The maximum Gasteiger partial charge on any atom is 0.328 e. The first kappa shape index (κ1) is 100. The molecule has 12 rings (SSSR count). The van der Waals surface area contributed by atoms with Crippen molar-refractivity contribution < 1.29 is 90.9 Å². The molecule has 25 nitrogen and oxygen atoms in total. The summed E-state index contributed by atoms with van der Waals surface area (Å²) in [5.41, 5.74) is 5.51. The van der Waals surface area contributed by atoms with Gasteiger partial charge >= 0.3 is 41.8 Å². The van der Waals surface area contributed by atoms with E-state index in [-0.39, 0.29) is 61.8 Å². The van der Waals surface area contributed by atoms with Crippen LogP contribution in [0.5, 0.6) is 17.2 Å².